The Balaban J connectivity index is 2.03. The summed E-state index contributed by atoms with van der Waals surface area (Å²) in [4.78, 5) is 0. The summed E-state index contributed by atoms with van der Waals surface area (Å²) in [5, 5.41) is 8.47. The second-order valence-corrected chi connectivity index (χ2v) is 6.93. The summed E-state index contributed by atoms with van der Waals surface area (Å²) in [6, 6.07) is 2.13. The zero-order valence-electron chi connectivity index (χ0n) is 9.26. The molecule has 0 aromatic carbocycles. The topological polar surface area (TPSA) is 67.2 Å². The Morgan fingerprint density at radius 2 is 2.06 bits per heavy atom. The van der Waals surface area contributed by atoms with Crippen LogP contribution in [0.15, 0.2) is 0 Å². The molecule has 2 rings (SSSR count). The molecular formula is C11H17NO3S. The summed E-state index contributed by atoms with van der Waals surface area (Å²) in [5.41, 5.74) is 0. The number of rotatable bonds is 3. The van der Waals surface area contributed by atoms with Crippen molar-refractivity contribution in [2.24, 2.45) is 5.92 Å². The number of hydrogen-bond donors (Lipinski definition) is 0. The lowest BCUT2D eigenvalue weighted by atomic mass is 10.1. The summed E-state index contributed by atoms with van der Waals surface area (Å²) in [6.45, 7) is 0.673. The Morgan fingerprint density at radius 3 is 2.69 bits per heavy atom. The molecule has 1 aliphatic heterocycles. The van der Waals surface area contributed by atoms with Gasteiger partial charge in [0.25, 0.3) is 0 Å². The van der Waals surface area contributed by atoms with Gasteiger partial charge in [0.15, 0.2) is 9.84 Å². The standard InChI is InChI=1S/C11H17NO3S/c12-7-9-3-1-5-11(9)16(13,14)8-10-4-2-6-15-10/h9-11H,1-6,8H2. The first kappa shape index (κ1) is 11.9. The van der Waals surface area contributed by atoms with E-state index in [-0.39, 0.29) is 17.8 Å². The summed E-state index contributed by atoms with van der Waals surface area (Å²) in [6.07, 6.45) is 3.88. The van der Waals surface area contributed by atoms with Crippen molar-refractivity contribution in [1.29, 1.82) is 5.26 Å². The van der Waals surface area contributed by atoms with Gasteiger partial charge in [0.2, 0.25) is 0 Å². The minimum Gasteiger partial charge on any atom is -0.377 e. The van der Waals surface area contributed by atoms with E-state index in [4.69, 9.17) is 10.00 Å². The lowest BCUT2D eigenvalue weighted by Gasteiger charge is -2.17. The Kier molecular flexibility index (Phi) is 3.50. The molecule has 0 N–H and O–H groups in total. The maximum atomic E-state index is 12.1. The van der Waals surface area contributed by atoms with Gasteiger partial charge < -0.3 is 4.74 Å². The first-order valence-corrected chi connectivity index (χ1v) is 7.58. The van der Waals surface area contributed by atoms with Crippen LogP contribution in [-0.4, -0.2) is 32.1 Å². The summed E-state index contributed by atoms with van der Waals surface area (Å²) >= 11 is 0. The van der Waals surface area contributed by atoms with Gasteiger partial charge in [-0.15, -0.1) is 0 Å². The maximum Gasteiger partial charge on any atom is 0.156 e. The lowest BCUT2D eigenvalue weighted by molar-refractivity contribution is 0.127. The van der Waals surface area contributed by atoms with Gasteiger partial charge in [-0.3, -0.25) is 0 Å². The van der Waals surface area contributed by atoms with Crippen LogP contribution in [0, 0.1) is 17.2 Å². The fourth-order valence-electron chi connectivity index (χ4n) is 2.66. The molecule has 3 atom stereocenters. The van der Waals surface area contributed by atoms with Gasteiger partial charge in [-0.2, -0.15) is 5.26 Å². The predicted molar refractivity (Wildman–Crippen MR) is 59.5 cm³/mol. The molecule has 0 spiro atoms. The van der Waals surface area contributed by atoms with E-state index in [2.05, 4.69) is 6.07 Å². The highest BCUT2D eigenvalue weighted by atomic mass is 32.2. The lowest BCUT2D eigenvalue weighted by Crippen LogP contribution is -2.32. The molecule has 1 aliphatic carbocycles. The largest absolute Gasteiger partial charge is 0.377 e. The van der Waals surface area contributed by atoms with Gasteiger partial charge in [-0.05, 0) is 25.7 Å². The molecule has 4 nitrogen and oxygen atoms in total. The fourth-order valence-corrected chi connectivity index (χ4v) is 4.91. The quantitative estimate of drug-likeness (QED) is 0.748. The normalized spacial score (nSPS) is 35.1. The molecule has 0 amide bonds. The molecule has 0 bridgehead atoms. The summed E-state index contributed by atoms with van der Waals surface area (Å²) < 4.78 is 29.6. The van der Waals surface area contributed by atoms with Gasteiger partial charge in [0.1, 0.15) is 0 Å². The van der Waals surface area contributed by atoms with Crippen molar-refractivity contribution >= 4 is 9.84 Å². The minimum atomic E-state index is -3.15. The van der Waals surface area contributed by atoms with E-state index in [1.807, 2.05) is 0 Å². The zero-order valence-corrected chi connectivity index (χ0v) is 10.1. The molecule has 5 heteroatoms. The molecule has 1 saturated heterocycles. The Hall–Kier alpha value is -0.600. The van der Waals surface area contributed by atoms with E-state index in [1.54, 1.807) is 0 Å². The number of hydrogen-bond acceptors (Lipinski definition) is 4. The second-order valence-electron chi connectivity index (χ2n) is 4.67. The van der Waals surface area contributed by atoms with Crippen LogP contribution in [0.4, 0.5) is 0 Å². The fraction of sp³-hybridized carbons (Fsp3) is 0.909. The van der Waals surface area contributed by atoms with E-state index in [0.29, 0.717) is 13.0 Å². The molecule has 0 aromatic heterocycles. The van der Waals surface area contributed by atoms with E-state index in [1.165, 1.54) is 0 Å². The van der Waals surface area contributed by atoms with Crippen LogP contribution in [0.1, 0.15) is 32.1 Å². The Bertz CT molecular complexity index is 379. The average Bonchev–Trinajstić information content (AvgIpc) is 2.85. The van der Waals surface area contributed by atoms with Crippen LogP contribution in [0.25, 0.3) is 0 Å². The SMILES string of the molecule is N#CC1CCCC1S(=O)(=O)CC1CCCO1. The monoisotopic (exact) mass is 243 g/mol. The van der Waals surface area contributed by atoms with Crippen molar-refractivity contribution in [3.63, 3.8) is 0 Å². The van der Waals surface area contributed by atoms with E-state index < -0.39 is 15.1 Å². The number of sulfone groups is 1. The third-order valence-electron chi connectivity index (χ3n) is 3.52. The molecule has 16 heavy (non-hydrogen) atoms. The number of nitriles is 1. The molecule has 2 fully saturated rings. The van der Waals surface area contributed by atoms with Crippen molar-refractivity contribution in [2.45, 2.75) is 43.5 Å². The molecular weight excluding hydrogens is 226 g/mol. The van der Waals surface area contributed by atoms with Crippen LogP contribution in [0.5, 0.6) is 0 Å². The van der Waals surface area contributed by atoms with Crippen LogP contribution in [0.3, 0.4) is 0 Å². The van der Waals surface area contributed by atoms with Crippen LogP contribution in [0.2, 0.25) is 0 Å². The number of nitrogens with zero attached hydrogens (tertiary/aromatic N) is 1. The smallest absolute Gasteiger partial charge is 0.156 e. The van der Waals surface area contributed by atoms with Gasteiger partial charge in [0, 0.05) is 6.61 Å². The predicted octanol–water partition coefficient (Wildman–Crippen LogP) is 1.27. The molecule has 0 radical (unpaired) electrons. The summed E-state index contributed by atoms with van der Waals surface area (Å²) in [7, 11) is -3.15. The van der Waals surface area contributed by atoms with Crippen LogP contribution in [-0.2, 0) is 14.6 Å². The highest BCUT2D eigenvalue weighted by molar-refractivity contribution is 7.92. The third-order valence-corrected chi connectivity index (χ3v) is 5.85. The third kappa shape index (κ3) is 2.38. The molecule has 3 unspecified atom stereocenters. The molecule has 1 saturated carbocycles. The van der Waals surface area contributed by atoms with E-state index >= 15 is 0 Å². The van der Waals surface area contributed by atoms with E-state index in [9.17, 15) is 8.42 Å². The summed E-state index contributed by atoms with van der Waals surface area (Å²) in [5.74, 6) is -0.193. The van der Waals surface area contributed by atoms with Crippen LogP contribution >= 0.6 is 0 Å². The van der Waals surface area contributed by atoms with Gasteiger partial charge in [-0.25, -0.2) is 8.42 Å². The molecule has 0 aromatic rings. The van der Waals surface area contributed by atoms with Crippen LogP contribution < -0.4 is 0 Å². The zero-order chi connectivity index (χ0) is 11.6. The average molecular weight is 243 g/mol. The van der Waals surface area contributed by atoms with Crippen molar-refractivity contribution in [2.75, 3.05) is 12.4 Å². The molecule has 2 aliphatic rings. The Morgan fingerprint density at radius 1 is 1.25 bits per heavy atom. The second kappa shape index (κ2) is 4.72. The molecule has 90 valence electrons. The molecule has 1 heterocycles. The van der Waals surface area contributed by atoms with Gasteiger partial charge >= 0.3 is 0 Å². The van der Waals surface area contributed by atoms with Gasteiger partial charge in [-0.1, -0.05) is 6.42 Å². The highest BCUT2D eigenvalue weighted by Gasteiger charge is 2.39. The van der Waals surface area contributed by atoms with Crippen molar-refractivity contribution in [1.82, 2.24) is 0 Å². The minimum absolute atomic E-state index is 0.107. The highest BCUT2D eigenvalue weighted by Crippen LogP contribution is 2.32. The Labute approximate surface area is 96.5 Å². The van der Waals surface area contributed by atoms with Crippen molar-refractivity contribution in [3.8, 4) is 6.07 Å². The maximum absolute atomic E-state index is 12.1. The van der Waals surface area contributed by atoms with Crippen molar-refractivity contribution in [3.05, 3.63) is 0 Å². The van der Waals surface area contributed by atoms with E-state index in [0.717, 1.165) is 25.7 Å². The number of ether oxygens (including phenoxy) is 1. The van der Waals surface area contributed by atoms with Gasteiger partial charge in [0.05, 0.1) is 29.1 Å². The first-order chi connectivity index (χ1) is 7.63. The first-order valence-electron chi connectivity index (χ1n) is 5.86. The van der Waals surface area contributed by atoms with Crippen molar-refractivity contribution < 1.29 is 13.2 Å².